The van der Waals surface area contributed by atoms with Gasteiger partial charge in [0.05, 0.1) is 0 Å². The van der Waals surface area contributed by atoms with Crippen LogP contribution in [-0.4, -0.2) is 15.7 Å². The fraction of sp³-hybridized carbons (Fsp3) is 0.500. The van der Waals surface area contributed by atoms with Crippen molar-refractivity contribution < 1.29 is 0 Å². The first-order valence-corrected chi connectivity index (χ1v) is 5.65. The monoisotopic (exact) mass is 236 g/mol. The Kier molecular flexibility index (Phi) is 4.29. The predicted molar refractivity (Wildman–Crippen MR) is 57.6 cm³/mol. The van der Waals surface area contributed by atoms with Gasteiger partial charge in [-0.2, -0.15) is 0 Å². The quantitative estimate of drug-likeness (QED) is 0.457. The molecule has 0 unspecified atom stereocenters. The van der Waals surface area contributed by atoms with E-state index in [1.807, 2.05) is 0 Å². The van der Waals surface area contributed by atoms with Crippen LogP contribution in [0.5, 0.6) is 0 Å². The van der Waals surface area contributed by atoms with E-state index in [2.05, 4.69) is 23.8 Å². The second-order valence-electron chi connectivity index (χ2n) is 3.00. The Morgan fingerprint density at radius 2 is 2.08 bits per heavy atom. The van der Waals surface area contributed by atoms with Gasteiger partial charge in [0.15, 0.2) is 0 Å². The summed E-state index contributed by atoms with van der Waals surface area (Å²) in [7, 11) is 0. The molecule has 0 spiro atoms. The zero-order valence-electron chi connectivity index (χ0n) is 7.42. The van der Waals surface area contributed by atoms with Crippen LogP contribution in [0.2, 0.25) is 10.4 Å². The molecule has 1 heterocycles. The number of hydrogen-bond donors (Lipinski definition) is 0. The number of rotatable bonds is 3. The van der Waals surface area contributed by atoms with Crippen LogP contribution in [0.1, 0.15) is 13.8 Å². The van der Waals surface area contributed by atoms with Crippen molar-refractivity contribution in [1.82, 2.24) is 9.97 Å². The summed E-state index contributed by atoms with van der Waals surface area (Å²) in [6, 6.07) is 1.72. The Labute approximate surface area is 92.1 Å². The predicted octanol–water partition coefficient (Wildman–Crippen LogP) is 3.53. The van der Waals surface area contributed by atoms with Crippen molar-refractivity contribution in [2.45, 2.75) is 18.9 Å². The minimum atomic E-state index is 0.207. The fourth-order valence-corrected chi connectivity index (χ4v) is 2.07. The average Bonchev–Trinajstić information content (AvgIpc) is 1.99. The van der Waals surface area contributed by atoms with Gasteiger partial charge >= 0.3 is 0 Å². The maximum absolute atomic E-state index is 5.72. The lowest BCUT2D eigenvalue weighted by Gasteiger charge is -2.03. The van der Waals surface area contributed by atoms with Crippen LogP contribution < -0.4 is 0 Å². The van der Waals surface area contributed by atoms with Crippen molar-refractivity contribution in [2.75, 3.05) is 5.75 Å². The zero-order chi connectivity index (χ0) is 9.84. The van der Waals surface area contributed by atoms with E-state index < -0.39 is 0 Å². The molecule has 0 aliphatic carbocycles. The SMILES string of the molecule is CC(C)CSc1cc(Cl)nc(Cl)n1. The minimum absolute atomic E-state index is 0.207. The summed E-state index contributed by atoms with van der Waals surface area (Å²) in [6.07, 6.45) is 0. The lowest BCUT2D eigenvalue weighted by atomic mass is 10.3. The second-order valence-corrected chi connectivity index (χ2v) is 4.77. The Balaban J connectivity index is 2.66. The molecular formula is C8H10Cl2N2S. The van der Waals surface area contributed by atoms with Crippen molar-refractivity contribution >= 4 is 35.0 Å². The first-order chi connectivity index (χ1) is 6.08. The molecule has 0 saturated heterocycles. The van der Waals surface area contributed by atoms with E-state index >= 15 is 0 Å². The summed E-state index contributed by atoms with van der Waals surface area (Å²) >= 11 is 13.0. The molecule has 1 rings (SSSR count). The molecule has 1 aromatic heterocycles. The van der Waals surface area contributed by atoms with E-state index in [4.69, 9.17) is 23.2 Å². The zero-order valence-corrected chi connectivity index (χ0v) is 9.75. The summed E-state index contributed by atoms with van der Waals surface area (Å²) in [5.41, 5.74) is 0. The van der Waals surface area contributed by atoms with Gasteiger partial charge in [-0.25, -0.2) is 9.97 Å². The molecule has 0 N–H and O–H groups in total. The fourth-order valence-electron chi connectivity index (χ4n) is 0.696. The highest BCUT2D eigenvalue weighted by atomic mass is 35.5. The van der Waals surface area contributed by atoms with E-state index in [0.717, 1.165) is 10.8 Å². The Bertz CT molecular complexity index is 271. The molecule has 1 aromatic rings. The minimum Gasteiger partial charge on any atom is -0.211 e. The maximum Gasteiger partial charge on any atom is 0.224 e. The summed E-state index contributed by atoms with van der Waals surface area (Å²) in [4.78, 5) is 7.81. The van der Waals surface area contributed by atoms with E-state index in [-0.39, 0.29) is 5.28 Å². The summed E-state index contributed by atoms with van der Waals surface area (Å²) in [5, 5.41) is 1.43. The topological polar surface area (TPSA) is 25.8 Å². The van der Waals surface area contributed by atoms with Crippen LogP contribution in [0.15, 0.2) is 11.1 Å². The first-order valence-electron chi connectivity index (χ1n) is 3.91. The number of aromatic nitrogens is 2. The summed E-state index contributed by atoms with van der Waals surface area (Å²) < 4.78 is 0. The molecule has 0 saturated carbocycles. The Morgan fingerprint density at radius 3 is 2.62 bits per heavy atom. The maximum atomic E-state index is 5.72. The van der Waals surface area contributed by atoms with Crippen LogP contribution in [0.25, 0.3) is 0 Å². The van der Waals surface area contributed by atoms with Crippen LogP contribution in [0.4, 0.5) is 0 Å². The number of nitrogens with zero attached hydrogens (tertiary/aromatic N) is 2. The Morgan fingerprint density at radius 1 is 1.38 bits per heavy atom. The van der Waals surface area contributed by atoms with Crippen LogP contribution >= 0.6 is 35.0 Å². The van der Waals surface area contributed by atoms with Crippen LogP contribution in [0.3, 0.4) is 0 Å². The van der Waals surface area contributed by atoms with Crippen LogP contribution in [0, 0.1) is 5.92 Å². The van der Waals surface area contributed by atoms with Gasteiger partial charge in [0.2, 0.25) is 5.28 Å². The molecule has 0 aliphatic rings. The molecule has 0 amide bonds. The van der Waals surface area contributed by atoms with E-state index in [1.165, 1.54) is 0 Å². The number of halogens is 2. The van der Waals surface area contributed by atoms with E-state index in [9.17, 15) is 0 Å². The molecule has 2 nitrogen and oxygen atoms in total. The molecule has 0 bridgehead atoms. The third-order valence-corrected chi connectivity index (χ3v) is 2.91. The normalized spacial score (nSPS) is 10.8. The number of hydrogen-bond acceptors (Lipinski definition) is 3. The number of thioether (sulfide) groups is 1. The van der Waals surface area contributed by atoms with Gasteiger partial charge in [0, 0.05) is 11.8 Å². The molecule has 0 aromatic carbocycles. The highest BCUT2D eigenvalue weighted by Crippen LogP contribution is 2.22. The second kappa shape index (κ2) is 5.03. The molecular weight excluding hydrogens is 227 g/mol. The molecule has 72 valence electrons. The first kappa shape index (κ1) is 11.1. The average molecular weight is 237 g/mol. The van der Waals surface area contributed by atoms with Gasteiger partial charge in [-0.15, -0.1) is 11.8 Å². The molecule has 0 radical (unpaired) electrons. The van der Waals surface area contributed by atoms with Gasteiger partial charge < -0.3 is 0 Å². The third kappa shape index (κ3) is 4.16. The van der Waals surface area contributed by atoms with Gasteiger partial charge in [-0.3, -0.25) is 0 Å². The van der Waals surface area contributed by atoms with Crippen LogP contribution in [-0.2, 0) is 0 Å². The van der Waals surface area contributed by atoms with Gasteiger partial charge in [-0.05, 0) is 17.5 Å². The van der Waals surface area contributed by atoms with Gasteiger partial charge in [0.25, 0.3) is 0 Å². The largest absolute Gasteiger partial charge is 0.224 e. The molecule has 5 heteroatoms. The van der Waals surface area contributed by atoms with Crippen molar-refractivity contribution in [3.05, 3.63) is 16.5 Å². The lowest BCUT2D eigenvalue weighted by molar-refractivity contribution is 0.749. The van der Waals surface area contributed by atoms with Crippen molar-refractivity contribution in [1.29, 1.82) is 0 Å². The highest BCUT2D eigenvalue weighted by molar-refractivity contribution is 7.99. The van der Waals surface area contributed by atoms with Gasteiger partial charge in [0.1, 0.15) is 10.2 Å². The smallest absolute Gasteiger partial charge is 0.211 e. The highest BCUT2D eigenvalue weighted by Gasteiger charge is 2.02. The van der Waals surface area contributed by atoms with Crippen molar-refractivity contribution in [3.63, 3.8) is 0 Å². The molecule has 0 atom stereocenters. The van der Waals surface area contributed by atoms with Gasteiger partial charge in [-0.1, -0.05) is 25.4 Å². The molecule has 0 aliphatic heterocycles. The summed E-state index contributed by atoms with van der Waals surface area (Å²) in [6.45, 7) is 4.30. The van der Waals surface area contributed by atoms with E-state index in [1.54, 1.807) is 17.8 Å². The van der Waals surface area contributed by atoms with Crippen molar-refractivity contribution in [2.24, 2.45) is 5.92 Å². The Hall–Kier alpha value is 0.01000. The van der Waals surface area contributed by atoms with E-state index in [0.29, 0.717) is 11.1 Å². The molecule has 13 heavy (non-hydrogen) atoms. The lowest BCUT2D eigenvalue weighted by Crippen LogP contribution is -1.92. The summed E-state index contributed by atoms with van der Waals surface area (Å²) in [5.74, 6) is 1.63. The third-order valence-electron chi connectivity index (χ3n) is 1.21. The standard InChI is InChI=1S/C8H10Cl2N2S/c1-5(2)4-13-7-3-6(9)11-8(10)12-7/h3,5H,4H2,1-2H3. The molecule has 0 fully saturated rings. The van der Waals surface area contributed by atoms with Crippen molar-refractivity contribution in [3.8, 4) is 0 Å².